The molecule has 0 fully saturated rings. The summed E-state index contributed by atoms with van der Waals surface area (Å²) in [5.74, 6) is 0. The maximum Gasteiger partial charge on any atom is 0.0972 e. The highest BCUT2D eigenvalue weighted by molar-refractivity contribution is 6.04. The zero-order valence-electron chi connectivity index (χ0n) is 28.1. The van der Waals surface area contributed by atoms with E-state index in [0.717, 1.165) is 72.2 Å². The molecule has 4 aromatic heterocycles. The van der Waals surface area contributed by atoms with Gasteiger partial charge in [0.2, 0.25) is 0 Å². The van der Waals surface area contributed by atoms with E-state index in [9.17, 15) is 0 Å². The summed E-state index contributed by atoms with van der Waals surface area (Å²) in [7, 11) is 0. The fourth-order valence-corrected chi connectivity index (χ4v) is 7.12. The van der Waals surface area contributed by atoms with E-state index in [0.29, 0.717) is 0 Å². The lowest BCUT2D eigenvalue weighted by molar-refractivity contribution is 1.28. The number of rotatable bonds is 5. The van der Waals surface area contributed by atoms with Gasteiger partial charge in [-0.1, -0.05) is 115 Å². The van der Waals surface area contributed by atoms with Crippen LogP contribution in [0.25, 0.3) is 99.6 Å². The van der Waals surface area contributed by atoms with E-state index in [-0.39, 0.29) is 0 Å². The summed E-state index contributed by atoms with van der Waals surface area (Å²) >= 11 is 0. The van der Waals surface area contributed by atoms with E-state index < -0.39 is 0 Å². The van der Waals surface area contributed by atoms with Crippen molar-refractivity contribution in [2.75, 3.05) is 0 Å². The average Bonchev–Trinajstić information content (AvgIpc) is 3.23. The van der Waals surface area contributed by atoms with Crippen LogP contribution in [0.5, 0.6) is 0 Å². The largest absolute Gasteiger partial charge is 0.255 e. The van der Waals surface area contributed by atoms with Crippen molar-refractivity contribution in [3.05, 3.63) is 182 Å². The van der Waals surface area contributed by atoms with Gasteiger partial charge in [0.1, 0.15) is 0 Å². The predicted octanol–water partition coefficient (Wildman–Crippen LogP) is 12.2. The summed E-state index contributed by atoms with van der Waals surface area (Å²) < 4.78 is 0. The van der Waals surface area contributed by atoms with Crippen molar-refractivity contribution >= 4 is 43.5 Å². The van der Waals surface area contributed by atoms with Crippen LogP contribution >= 0.6 is 0 Å². The molecule has 0 saturated heterocycles. The van der Waals surface area contributed by atoms with Gasteiger partial charge in [0.15, 0.2) is 0 Å². The lowest BCUT2D eigenvalue weighted by Crippen LogP contribution is -1.91. The number of nitrogens with zero attached hydrogens (tertiary/aromatic N) is 4. The van der Waals surface area contributed by atoms with Gasteiger partial charge in [-0.3, -0.25) is 4.98 Å². The number of hydrogen-bond acceptors (Lipinski definition) is 4. The molecular formula is C48H30N4. The first-order valence-electron chi connectivity index (χ1n) is 17.5. The van der Waals surface area contributed by atoms with Crippen LogP contribution < -0.4 is 0 Å². The second-order valence-electron chi connectivity index (χ2n) is 13.1. The van der Waals surface area contributed by atoms with Gasteiger partial charge in [0.05, 0.1) is 39.3 Å². The minimum atomic E-state index is 0.878. The monoisotopic (exact) mass is 662 g/mol. The third-order valence-corrected chi connectivity index (χ3v) is 9.87. The minimum Gasteiger partial charge on any atom is -0.255 e. The third-order valence-electron chi connectivity index (χ3n) is 9.87. The Morgan fingerprint density at radius 1 is 0.269 bits per heavy atom. The van der Waals surface area contributed by atoms with Crippen molar-refractivity contribution in [1.82, 2.24) is 19.9 Å². The smallest absolute Gasteiger partial charge is 0.0972 e. The van der Waals surface area contributed by atoms with Crippen LogP contribution in [0, 0.1) is 0 Å². The summed E-state index contributed by atoms with van der Waals surface area (Å²) in [6, 6.07) is 61.7. The number of aromatic nitrogens is 4. The highest BCUT2D eigenvalue weighted by Crippen LogP contribution is 2.33. The topological polar surface area (TPSA) is 51.6 Å². The fourth-order valence-electron chi connectivity index (χ4n) is 7.12. The van der Waals surface area contributed by atoms with E-state index >= 15 is 0 Å². The molecule has 0 atom stereocenters. The Balaban J connectivity index is 0.961. The molecule has 0 aliphatic carbocycles. The molecule has 242 valence electrons. The van der Waals surface area contributed by atoms with Gasteiger partial charge < -0.3 is 0 Å². The second kappa shape index (κ2) is 12.4. The van der Waals surface area contributed by atoms with Crippen LogP contribution in [-0.2, 0) is 0 Å². The number of pyridine rings is 4. The molecular weight excluding hydrogens is 633 g/mol. The molecule has 0 amide bonds. The Kier molecular flexibility index (Phi) is 7.10. The average molecular weight is 663 g/mol. The molecule has 0 N–H and O–H groups in total. The van der Waals surface area contributed by atoms with Crippen molar-refractivity contribution in [3.63, 3.8) is 0 Å². The number of fused-ring (bicyclic) bond motifs is 5. The Hall–Kier alpha value is -7.04. The first kappa shape index (κ1) is 29.8. The molecule has 0 spiro atoms. The first-order chi connectivity index (χ1) is 25.7. The van der Waals surface area contributed by atoms with E-state index in [1.807, 2.05) is 42.5 Å². The fraction of sp³-hybridized carbons (Fsp3) is 0. The Bertz CT molecular complexity index is 2960. The molecule has 0 saturated carbocycles. The standard InChI is InChI=1S/C48H30N4/c1-2-7-31(8-3-1)42-22-18-32-12-13-33-19-23-44(52-48(33)47(32)51-42)40-10-6-9-34(29-40)35-14-15-37-28-38(17-16-36(37)27-35)39-20-24-43-41(30-39)21-25-46(50-43)45-11-4-5-26-49-45/h1-30H. The van der Waals surface area contributed by atoms with Crippen LogP contribution in [0.15, 0.2) is 182 Å². The molecule has 0 radical (unpaired) electrons. The SMILES string of the molecule is c1ccc(-c2ccc3ccc4ccc(-c5cccc(-c6ccc7cc(-c8ccc9nc(-c%10ccccn%10)ccc9c8)ccc7c6)c5)nc4c3n2)cc1. The van der Waals surface area contributed by atoms with Crippen molar-refractivity contribution < 1.29 is 0 Å². The van der Waals surface area contributed by atoms with Gasteiger partial charge in [0.25, 0.3) is 0 Å². The zero-order valence-corrected chi connectivity index (χ0v) is 28.1. The van der Waals surface area contributed by atoms with Crippen molar-refractivity contribution in [2.45, 2.75) is 0 Å². The summed E-state index contributed by atoms with van der Waals surface area (Å²) in [6.07, 6.45) is 1.80. The lowest BCUT2D eigenvalue weighted by Gasteiger charge is -2.10. The molecule has 0 bridgehead atoms. The van der Waals surface area contributed by atoms with Gasteiger partial charge >= 0.3 is 0 Å². The third kappa shape index (κ3) is 5.44. The maximum absolute atomic E-state index is 5.20. The molecule has 10 aromatic rings. The Labute approximate surface area is 300 Å². The predicted molar refractivity (Wildman–Crippen MR) is 215 cm³/mol. The summed E-state index contributed by atoms with van der Waals surface area (Å²) in [4.78, 5) is 19.6. The highest BCUT2D eigenvalue weighted by atomic mass is 14.8. The van der Waals surface area contributed by atoms with Gasteiger partial charge in [-0.2, -0.15) is 0 Å². The van der Waals surface area contributed by atoms with Crippen molar-refractivity contribution in [3.8, 4) is 56.2 Å². The highest BCUT2D eigenvalue weighted by Gasteiger charge is 2.11. The quantitative estimate of drug-likeness (QED) is 0.172. The van der Waals surface area contributed by atoms with E-state index in [4.69, 9.17) is 15.0 Å². The summed E-state index contributed by atoms with van der Waals surface area (Å²) in [5, 5.41) is 5.66. The molecule has 0 unspecified atom stereocenters. The molecule has 52 heavy (non-hydrogen) atoms. The summed E-state index contributed by atoms with van der Waals surface area (Å²) in [5.41, 5.74) is 13.3. The molecule has 0 aliphatic rings. The van der Waals surface area contributed by atoms with Crippen LogP contribution in [0.2, 0.25) is 0 Å². The van der Waals surface area contributed by atoms with Gasteiger partial charge in [-0.25, -0.2) is 15.0 Å². The molecule has 4 heterocycles. The molecule has 4 heteroatoms. The normalized spacial score (nSPS) is 11.5. The van der Waals surface area contributed by atoms with Crippen LogP contribution in [0.4, 0.5) is 0 Å². The first-order valence-corrected chi connectivity index (χ1v) is 17.5. The Morgan fingerprint density at radius 3 is 1.48 bits per heavy atom. The summed E-state index contributed by atoms with van der Waals surface area (Å²) in [6.45, 7) is 0. The van der Waals surface area contributed by atoms with E-state index in [1.54, 1.807) is 6.20 Å². The van der Waals surface area contributed by atoms with Gasteiger partial charge in [0, 0.05) is 33.5 Å². The Morgan fingerprint density at radius 2 is 0.788 bits per heavy atom. The van der Waals surface area contributed by atoms with E-state index in [1.165, 1.54) is 27.5 Å². The molecule has 4 nitrogen and oxygen atoms in total. The van der Waals surface area contributed by atoms with Gasteiger partial charge in [-0.15, -0.1) is 0 Å². The van der Waals surface area contributed by atoms with Gasteiger partial charge in [-0.05, 0) is 93.7 Å². The molecule has 10 rings (SSSR count). The van der Waals surface area contributed by atoms with E-state index in [2.05, 4.69) is 138 Å². The van der Waals surface area contributed by atoms with Crippen LogP contribution in [-0.4, -0.2) is 19.9 Å². The molecule has 0 aliphatic heterocycles. The number of benzene rings is 6. The number of hydrogen-bond donors (Lipinski definition) is 0. The van der Waals surface area contributed by atoms with Crippen LogP contribution in [0.1, 0.15) is 0 Å². The maximum atomic E-state index is 5.20. The van der Waals surface area contributed by atoms with Crippen molar-refractivity contribution in [2.24, 2.45) is 0 Å². The van der Waals surface area contributed by atoms with Crippen molar-refractivity contribution in [1.29, 1.82) is 0 Å². The second-order valence-corrected chi connectivity index (χ2v) is 13.1. The van der Waals surface area contributed by atoms with Crippen LogP contribution in [0.3, 0.4) is 0 Å². The minimum absolute atomic E-state index is 0.878. The lowest BCUT2D eigenvalue weighted by atomic mass is 9.96. The molecule has 6 aromatic carbocycles. The zero-order chi connectivity index (χ0) is 34.4.